The second kappa shape index (κ2) is 8.63. The van der Waals surface area contributed by atoms with Crippen molar-refractivity contribution in [2.75, 3.05) is 13.2 Å². The number of hydrogen-bond donors (Lipinski definition) is 3. The fourth-order valence-electron chi connectivity index (χ4n) is 4.82. The van der Waals surface area contributed by atoms with Crippen LogP contribution >= 0.6 is 11.3 Å². The van der Waals surface area contributed by atoms with Crippen LogP contribution in [0.5, 0.6) is 5.75 Å². The fourth-order valence-corrected chi connectivity index (χ4v) is 5.79. The van der Waals surface area contributed by atoms with E-state index < -0.39 is 6.04 Å². The monoisotopic (exact) mass is 468 g/mol. The Morgan fingerprint density at radius 3 is 2.82 bits per heavy atom. The maximum atomic E-state index is 13.4. The molecule has 5 nitrogen and oxygen atoms in total. The molecule has 0 aliphatic carbocycles. The van der Waals surface area contributed by atoms with Crippen molar-refractivity contribution in [3.63, 3.8) is 0 Å². The van der Waals surface area contributed by atoms with E-state index in [2.05, 4.69) is 33.9 Å². The second-order valence-electron chi connectivity index (χ2n) is 8.67. The Labute approximate surface area is 201 Å². The van der Waals surface area contributed by atoms with Gasteiger partial charge in [-0.05, 0) is 52.8 Å². The number of amides is 1. The summed E-state index contributed by atoms with van der Waals surface area (Å²) in [5.74, 6) is 0.433. The molecule has 1 atom stereocenters. The van der Waals surface area contributed by atoms with Crippen LogP contribution in [0.2, 0.25) is 0 Å². The number of carbonyl (C=O) groups is 1. The Balaban J connectivity index is 1.32. The summed E-state index contributed by atoms with van der Waals surface area (Å²) in [5.41, 5.74) is 5.83. The predicted octanol–water partition coefficient (Wildman–Crippen LogP) is 5.32. The quantitative estimate of drug-likeness (QED) is 0.316. The highest BCUT2D eigenvalue weighted by atomic mass is 32.1. The number of aromatic nitrogens is 1. The van der Waals surface area contributed by atoms with Gasteiger partial charge in [-0.1, -0.05) is 36.4 Å². The lowest BCUT2D eigenvalue weighted by Crippen LogP contribution is -2.39. The molecule has 0 radical (unpaired) electrons. The lowest BCUT2D eigenvalue weighted by atomic mass is 9.97. The molecular weight excluding hydrogens is 444 g/mol. The van der Waals surface area contributed by atoms with Crippen LogP contribution in [-0.2, 0) is 12.8 Å². The van der Waals surface area contributed by atoms with Crippen LogP contribution in [0.1, 0.15) is 21.5 Å². The first-order valence-corrected chi connectivity index (χ1v) is 12.3. The molecule has 2 aromatic heterocycles. The number of aliphatic hydroxyl groups is 1. The minimum Gasteiger partial charge on any atom is -0.492 e. The number of fused-ring (bicyclic) bond motifs is 3. The Hall–Kier alpha value is -3.61. The van der Waals surface area contributed by atoms with Crippen molar-refractivity contribution >= 4 is 38.2 Å². The summed E-state index contributed by atoms with van der Waals surface area (Å²) in [7, 11) is 0. The van der Waals surface area contributed by atoms with E-state index in [4.69, 9.17) is 4.74 Å². The van der Waals surface area contributed by atoms with Crippen LogP contribution in [0.4, 0.5) is 0 Å². The van der Waals surface area contributed by atoms with Crippen LogP contribution in [0.25, 0.3) is 32.1 Å². The summed E-state index contributed by atoms with van der Waals surface area (Å²) in [6, 6.07) is 20.0. The summed E-state index contributed by atoms with van der Waals surface area (Å²) >= 11 is 1.71. The number of rotatable bonds is 6. The molecule has 1 aliphatic heterocycles. The van der Waals surface area contributed by atoms with Crippen LogP contribution in [0, 0.1) is 0 Å². The van der Waals surface area contributed by atoms with E-state index in [0.717, 1.165) is 39.6 Å². The zero-order valence-electron chi connectivity index (χ0n) is 18.5. The first-order chi connectivity index (χ1) is 16.7. The van der Waals surface area contributed by atoms with Gasteiger partial charge in [0.1, 0.15) is 5.75 Å². The van der Waals surface area contributed by atoms with Crippen molar-refractivity contribution in [3.05, 3.63) is 88.9 Å². The Kier molecular flexibility index (Phi) is 5.32. The predicted molar refractivity (Wildman–Crippen MR) is 137 cm³/mol. The van der Waals surface area contributed by atoms with Crippen LogP contribution < -0.4 is 10.1 Å². The average molecular weight is 469 g/mol. The SMILES string of the molecule is O=C(N[C@@H](CO)Cc1c[nH]c2ccccc12)c1cc(-c2csc3ccccc23)cc2c1OCC2. The zero-order chi connectivity index (χ0) is 23.1. The molecule has 0 saturated heterocycles. The van der Waals surface area contributed by atoms with E-state index in [9.17, 15) is 9.90 Å². The molecule has 3 heterocycles. The van der Waals surface area contributed by atoms with Gasteiger partial charge in [-0.25, -0.2) is 0 Å². The van der Waals surface area contributed by atoms with Crippen LogP contribution in [0.3, 0.4) is 0 Å². The van der Waals surface area contributed by atoms with Gasteiger partial charge in [0, 0.05) is 39.2 Å². The van der Waals surface area contributed by atoms with E-state index >= 15 is 0 Å². The summed E-state index contributed by atoms with van der Waals surface area (Å²) in [4.78, 5) is 16.7. The minimum absolute atomic E-state index is 0.150. The molecule has 6 rings (SSSR count). The number of nitrogens with one attached hydrogen (secondary N) is 2. The molecule has 1 amide bonds. The largest absolute Gasteiger partial charge is 0.492 e. The van der Waals surface area contributed by atoms with Gasteiger partial charge < -0.3 is 20.1 Å². The summed E-state index contributed by atoms with van der Waals surface area (Å²) in [6.45, 7) is 0.422. The van der Waals surface area contributed by atoms with E-state index in [1.54, 1.807) is 11.3 Å². The standard InChI is InChI=1S/C28H24N2O3S/c31-15-20(12-19-14-29-25-7-3-1-5-21(19)25)30-28(32)23-13-18(11-17-9-10-33-27(17)23)24-16-34-26-8-4-2-6-22(24)26/h1-8,11,13-14,16,20,29,31H,9-10,12,15H2,(H,30,32)/t20-/m1/s1. The summed E-state index contributed by atoms with van der Waals surface area (Å²) < 4.78 is 7.09. The van der Waals surface area contributed by atoms with Crippen LogP contribution in [-0.4, -0.2) is 35.3 Å². The van der Waals surface area contributed by atoms with E-state index in [0.29, 0.717) is 24.3 Å². The highest BCUT2D eigenvalue weighted by Crippen LogP contribution is 2.39. The third-order valence-electron chi connectivity index (χ3n) is 6.52. The second-order valence-corrected chi connectivity index (χ2v) is 9.58. The van der Waals surface area contributed by atoms with Crippen molar-refractivity contribution in [1.82, 2.24) is 10.3 Å². The number of hydrogen-bond acceptors (Lipinski definition) is 4. The van der Waals surface area contributed by atoms with E-state index in [1.165, 1.54) is 10.1 Å². The minimum atomic E-state index is -0.408. The topological polar surface area (TPSA) is 74.4 Å². The highest BCUT2D eigenvalue weighted by molar-refractivity contribution is 7.17. The third kappa shape index (κ3) is 3.65. The van der Waals surface area contributed by atoms with Gasteiger partial charge in [0.15, 0.2) is 0 Å². The van der Waals surface area contributed by atoms with Crippen molar-refractivity contribution in [2.45, 2.75) is 18.9 Å². The molecule has 6 heteroatoms. The van der Waals surface area contributed by atoms with Gasteiger partial charge in [-0.3, -0.25) is 4.79 Å². The first kappa shape index (κ1) is 21.0. The molecule has 34 heavy (non-hydrogen) atoms. The summed E-state index contributed by atoms with van der Waals surface area (Å²) in [6.07, 6.45) is 3.26. The molecule has 3 aromatic carbocycles. The molecular formula is C28H24N2O3S. The normalized spacial score (nSPS) is 13.7. The number of aromatic amines is 1. The van der Waals surface area contributed by atoms with Gasteiger partial charge in [0.2, 0.25) is 0 Å². The highest BCUT2D eigenvalue weighted by Gasteiger charge is 2.25. The Morgan fingerprint density at radius 1 is 1.12 bits per heavy atom. The fraction of sp³-hybridized carbons (Fsp3) is 0.179. The number of carbonyl (C=O) groups excluding carboxylic acids is 1. The van der Waals surface area contributed by atoms with Gasteiger partial charge in [0.25, 0.3) is 5.91 Å². The number of aliphatic hydroxyl groups excluding tert-OH is 1. The molecule has 0 unspecified atom stereocenters. The first-order valence-electron chi connectivity index (χ1n) is 11.4. The molecule has 0 bridgehead atoms. The molecule has 0 saturated carbocycles. The smallest absolute Gasteiger partial charge is 0.255 e. The molecule has 0 fully saturated rings. The van der Waals surface area contributed by atoms with E-state index in [-0.39, 0.29) is 12.5 Å². The van der Waals surface area contributed by atoms with Gasteiger partial charge in [-0.15, -0.1) is 11.3 Å². The lowest BCUT2D eigenvalue weighted by Gasteiger charge is -2.18. The number of H-pyrrole nitrogens is 1. The van der Waals surface area contributed by atoms with Gasteiger partial charge in [-0.2, -0.15) is 0 Å². The number of para-hydroxylation sites is 1. The third-order valence-corrected chi connectivity index (χ3v) is 7.48. The Bertz CT molecular complexity index is 1520. The summed E-state index contributed by atoms with van der Waals surface area (Å²) in [5, 5.41) is 17.5. The maximum Gasteiger partial charge on any atom is 0.255 e. The lowest BCUT2D eigenvalue weighted by molar-refractivity contribution is 0.0913. The number of ether oxygens (including phenoxy) is 1. The molecule has 1 aliphatic rings. The number of thiophene rings is 1. The Morgan fingerprint density at radius 2 is 1.94 bits per heavy atom. The maximum absolute atomic E-state index is 13.4. The molecule has 0 spiro atoms. The van der Waals surface area contributed by atoms with Crippen LogP contribution in [0.15, 0.2) is 72.2 Å². The molecule has 170 valence electrons. The number of benzene rings is 3. The van der Waals surface area contributed by atoms with Crippen molar-refractivity contribution < 1.29 is 14.6 Å². The average Bonchev–Trinajstić information content (AvgIpc) is 3.61. The molecule has 3 N–H and O–H groups in total. The van der Waals surface area contributed by atoms with Gasteiger partial charge in [0.05, 0.1) is 24.8 Å². The van der Waals surface area contributed by atoms with Crippen molar-refractivity contribution in [1.29, 1.82) is 0 Å². The zero-order valence-corrected chi connectivity index (χ0v) is 19.3. The van der Waals surface area contributed by atoms with Crippen molar-refractivity contribution in [3.8, 4) is 16.9 Å². The van der Waals surface area contributed by atoms with E-state index in [1.807, 2.05) is 48.7 Å². The van der Waals surface area contributed by atoms with Gasteiger partial charge >= 0.3 is 0 Å². The molecule has 5 aromatic rings. The van der Waals surface area contributed by atoms with Crippen molar-refractivity contribution in [2.24, 2.45) is 0 Å².